The summed E-state index contributed by atoms with van der Waals surface area (Å²) in [6.45, 7) is 1.61. The molecule has 10 heteroatoms. The molecule has 10 nitrogen and oxygen atoms in total. The van der Waals surface area contributed by atoms with Crippen LogP contribution >= 0.6 is 0 Å². The van der Waals surface area contributed by atoms with Crippen LogP contribution in [0.3, 0.4) is 0 Å². The lowest BCUT2D eigenvalue weighted by molar-refractivity contribution is -0.0486. The number of rotatable bonds is 6. The molecule has 1 aliphatic rings. The van der Waals surface area contributed by atoms with Crippen LogP contribution in [0.5, 0.6) is 5.75 Å². The summed E-state index contributed by atoms with van der Waals surface area (Å²) in [6, 6.07) is 5.99. The van der Waals surface area contributed by atoms with E-state index in [1.54, 1.807) is 23.6 Å². The van der Waals surface area contributed by atoms with Crippen molar-refractivity contribution in [3.8, 4) is 5.75 Å². The molecule has 3 heterocycles. The largest absolute Gasteiger partial charge is 0.508 e. The number of phenols is 1. The topological polar surface area (TPSA) is 146 Å². The summed E-state index contributed by atoms with van der Waals surface area (Å²) in [6.07, 6.45) is 0.376. The molecule has 3 aromatic rings. The first-order valence-electron chi connectivity index (χ1n) is 9.33. The van der Waals surface area contributed by atoms with Crippen molar-refractivity contribution in [2.24, 2.45) is 0 Å². The number of anilines is 1. The van der Waals surface area contributed by atoms with E-state index in [1.807, 2.05) is 0 Å². The van der Waals surface area contributed by atoms with Crippen LogP contribution in [0.1, 0.15) is 31.2 Å². The minimum absolute atomic E-state index is 0.0771. The summed E-state index contributed by atoms with van der Waals surface area (Å²) < 4.78 is 7.29. The second-order valence-electron chi connectivity index (χ2n) is 7.15. The summed E-state index contributed by atoms with van der Waals surface area (Å²) in [4.78, 5) is 12.8. The average molecular weight is 401 g/mol. The molecular weight excluding hydrogens is 378 g/mol. The number of hydrogen-bond acceptors (Lipinski definition) is 9. The predicted octanol–water partition coefficient (Wildman–Crippen LogP) is 0.707. The highest BCUT2D eigenvalue weighted by atomic mass is 16.5. The number of aliphatic hydroxyl groups is 3. The normalized spacial score (nSPS) is 23.9. The summed E-state index contributed by atoms with van der Waals surface area (Å²) in [5.41, 5.74) is 1.49. The van der Waals surface area contributed by atoms with Gasteiger partial charge in [0, 0.05) is 6.42 Å². The lowest BCUT2D eigenvalue weighted by Gasteiger charge is -2.21. The van der Waals surface area contributed by atoms with E-state index < -0.39 is 30.6 Å². The molecule has 0 aliphatic carbocycles. The second kappa shape index (κ2) is 7.91. The van der Waals surface area contributed by atoms with Crippen LogP contribution in [0.15, 0.2) is 36.9 Å². The summed E-state index contributed by atoms with van der Waals surface area (Å²) in [7, 11) is 0. The van der Waals surface area contributed by atoms with Gasteiger partial charge in [-0.1, -0.05) is 12.1 Å². The van der Waals surface area contributed by atoms with Gasteiger partial charge in [0.15, 0.2) is 23.2 Å². The molecule has 1 fully saturated rings. The lowest BCUT2D eigenvalue weighted by Crippen LogP contribution is -2.25. The van der Waals surface area contributed by atoms with Crippen molar-refractivity contribution in [3.05, 3.63) is 42.5 Å². The van der Waals surface area contributed by atoms with Crippen molar-refractivity contribution < 1.29 is 25.2 Å². The number of nitrogens with zero attached hydrogens (tertiary/aromatic N) is 4. The van der Waals surface area contributed by atoms with Crippen LogP contribution in [0, 0.1) is 0 Å². The van der Waals surface area contributed by atoms with Crippen molar-refractivity contribution in [3.63, 3.8) is 0 Å². The van der Waals surface area contributed by atoms with Gasteiger partial charge >= 0.3 is 0 Å². The van der Waals surface area contributed by atoms with E-state index in [0.29, 0.717) is 29.0 Å². The van der Waals surface area contributed by atoms with Crippen molar-refractivity contribution in [2.45, 2.75) is 43.9 Å². The van der Waals surface area contributed by atoms with Gasteiger partial charge in [0.1, 0.15) is 18.2 Å². The molecule has 154 valence electrons. The Morgan fingerprint density at radius 2 is 2.14 bits per heavy atom. The van der Waals surface area contributed by atoms with E-state index >= 15 is 0 Å². The molecule has 0 spiro atoms. The molecule has 4 rings (SSSR count). The van der Waals surface area contributed by atoms with Gasteiger partial charge in [0.2, 0.25) is 0 Å². The van der Waals surface area contributed by atoms with Gasteiger partial charge < -0.3 is 30.5 Å². The van der Waals surface area contributed by atoms with Crippen molar-refractivity contribution in [1.29, 1.82) is 0 Å². The lowest BCUT2D eigenvalue weighted by atomic mass is 10.0. The summed E-state index contributed by atoms with van der Waals surface area (Å²) in [5.74, 6) is 0.500. The summed E-state index contributed by atoms with van der Waals surface area (Å²) in [5, 5.41) is 42.9. The first-order chi connectivity index (χ1) is 14.0. The second-order valence-corrected chi connectivity index (χ2v) is 7.15. The van der Waals surface area contributed by atoms with E-state index in [2.05, 4.69) is 20.3 Å². The van der Waals surface area contributed by atoms with Gasteiger partial charge in [-0.3, -0.25) is 4.57 Å². The Hall–Kier alpha value is -2.79. The molecule has 5 N–H and O–H groups in total. The molecule has 1 aromatic carbocycles. The van der Waals surface area contributed by atoms with E-state index in [4.69, 9.17) is 4.74 Å². The number of nitrogens with one attached hydrogen (secondary N) is 1. The van der Waals surface area contributed by atoms with Crippen LogP contribution < -0.4 is 5.32 Å². The highest BCUT2D eigenvalue weighted by Crippen LogP contribution is 2.32. The number of aliphatic hydroxyl groups excluding tert-OH is 3. The first kappa shape index (κ1) is 19.5. The maximum atomic E-state index is 10.6. The zero-order chi connectivity index (χ0) is 20.5. The Bertz CT molecular complexity index is 996. The van der Waals surface area contributed by atoms with Crippen LogP contribution in [-0.2, 0) is 4.74 Å². The van der Waals surface area contributed by atoms with E-state index in [-0.39, 0.29) is 12.4 Å². The smallest absolute Gasteiger partial charge is 0.167 e. The molecule has 1 unspecified atom stereocenters. The van der Waals surface area contributed by atoms with Gasteiger partial charge in [-0.15, -0.1) is 0 Å². The van der Waals surface area contributed by atoms with Crippen molar-refractivity contribution in [1.82, 2.24) is 19.5 Å². The zero-order valence-corrected chi connectivity index (χ0v) is 15.8. The predicted molar refractivity (Wildman–Crippen MR) is 103 cm³/mol. The molecule has 2 aromatic heterocycles. The fourth-order valence-corrected chi connectivity index (χ4v) is 3.53. The number of benzene rings is 1. The van der Waals surface area contributed by atoms with Gasteiger partial charge in [-0.2, -0.15) is 0 Å². The number of imidazole rings is 1. The number of aromatic hydroxyl groups is 1. The zero-order valence-electron chi connectivity index (χ0n) is 15.8. The highest BCUT2D eigenvalue weighted by Gasteiger charge is 2.36. The van der Waals surface area contributed by atoms with Crippen LogP contribution in [0.25, 0.3) is 11.2 Å². The average Bonchev–Trinajstić information content (AvgIpc) is 3.31. The molecule has 0 radical (unpaired) electrons. The number of phenolic OH excluding ortho intramolecular Hbond substituents is 1. The van der Waals surface area contributed by atoms with Crippen molar-refractivity contribution in [2.75, 3.05) is 11.9 Å². The SMILES string of the molecule is C[C@H](Nc1ncnc2c1ncn2[C@@H]1O[C@H](CO)CC1O)[C@H](O)c1cccc(O)c1. The molecule has 0 saturated carbocycles. The third-order valence-corrected chi connectivity index (χ3v) is 5.05. The van der Waals surface area contributed by atoms with E-state index in [9.17, 15) is 20.4 Å². The molecule has 29 heavy (non-hydrogen) atoms. The summed E-state index contributed by atoms with van der Waals surface area (Å²) >= 11 is 0. The van der Waals surface area contributed by atoms with E-state index in [1.165, 1.54) is 24.8 Å². The van der Waals surface area contributed by atoms with Crippen LogP contribution in [0.4, 0.5) is 5.82 Å². The van der Waals surface area contributed by atoms with Crippen LogP contribution in [0.2, 0.25) is 0 Å². The minimum atomic E-state index is -0.889. The fourth-order valence-electron chi connectivity index (χ4n) is 3.53. The quantitative estimate of drug-likeness (QED) is 0.403. The maximum Gasteiger partial charge on any atom is 0.167 e. The van der Waals surface area contributed by atoms with Gasteiger partial charge in [0.25, 0.3) is 0 Å². The molecule has 1 saturated heterocycles. The van der Waals surface area contributed by atoms with Gasteiger partial charge in [0.05, 0.1) is 31.2 Å². The van der Waals surface area contributed by atoms with E-state index in [0.717, 1.165) is 0 Å². The third-order valence-electron chi connectivity index (χ3n) is 5.05. The molecule has 0 bridgehead atoms. The molecule has 1 aliphatic heterocycles. The first-order valence-corrected chi connectivity index (χ1v) is 9.33. The Morgan fingerprint density at radius 1 is 1.31 bits per heavy atom. The minimum Gasteiger partial charge on any atom is -0.508 e. The Morgan fingerprint density at radius 3 is 2.86 bits per heavy atom. The fraction of sp³-hybridized carbons (Fsp3) is 0.421. The standard InChI is InChI=1S/C19H23N5O5/c1-10(16(28)11-3-2-4-12(26)5-11)23-17-15-18(21-8-20-17)24(9-22-15)19-14(27)6-13(7-25)29-19/h2-5,8-10,13-14,16,19,25-28H,6-7H2,1H3,(H,20,21,23)/t10-,13-,14?,16-,19+/m0/s1. The van der Waals surface area contributed by atoms with Crippen molar-refractivity contribution >= 4 is 17.0 Å². The number of hydrogen-bond donors (Lipinski definition) is 5. The number of aromatic nitrogens is 4. The van der Waals surface area contributed by atoms with Gasteiger partial charge in [-0.25, -0.2) is 15.0 Å². The molecule has 5 atom stereocenters. The Labute approximate surface area is 166 Å². The molecule has 0 amide bonds. The van der Waals surface area contributed by atoms with Crippen LogP contribution in [-0.4, -0.2) is 64.8 Å². The monoisotopic (exact) mass is 401 g/mol. The maximum absolute atomic E-state index is 10.6. The number of fused-ring (bicyclic) bond motifs is 1. The Kier molecular flexibility index (Phi) is 5.33. The molecular formula is C19H23N5O5. The third kappa shape index (κ3) is 3.75. The van der Waals surface area contributed by atoms with Gasteiger partial charge in [-0.05, 0) is 24.6 Å². The Balaban J connectivity index is 1.58. The number of ether oxygens (including phenoxy) is 1. The highest BCUT2D eigenvalue weighted by molar-refractivity contribution is 5.82.